The standard InChI is InChI=1S/C14H10Cl2FNO2S/c1-21(20)9-4-2-3-8(5-9)18-14(19)10-6-13(17)12(16)7-11(10)15/h2-7H,1H3,(H,18,19)/t21-/m1/s1. The van der Waals surface area contributed by atoms with Crippen LogP contribution in [0.1, 0.15) is 10.4 Å². The van der Waals surface area contributed by atoms with Crippen LogP contribution in [0.4, 0.5) is 10.1 Å². The lowest BCUT2D eigenvalue weighted by molar-refractivity contribution is 0.102. The van der Waals surface area contributed by atoms with E-state index in [1.54, 1.807) is 24.3 Å². The first-order valence-corrected chi connectivity index (χ1v) is 8.09. The van der Waals surface area contributed by atoms with Crippen molar-refractivity contribution < 1.29 is 13.4 Å². The fourth-order valence-electron chi connectivity index (χ4n) is 1.65. The van der Waals surface area contributed by atoms with Crippen molar-refractivity contribution in [3.05, 3.63) is 57.8 Å². The van der Waals surface area contributed by atoms with Crippen LogP contribution in [0, 0.1) is 5.82 Å². The van der Waals surface area contributed by atoms with Crippen LogP contribution in [-0.2, 0) is 10.8 Å². The molecule has 0 fully saturated rings. The number of nitrogens with one attached hydrogen (secondary N) is 1. The Hall–Kier alpha value is -1.43. The normalized spacial score (nSPS) is 12.0. The molecule has 0 bridgehead atoms. The average Bonchev–Trinajstić information content (AvgIpc) is 2.43. The van der Waals surface area contributed by atoms with Gasteiger partial charge in [0.05, 0.1) is 15.6 Å². The van der Waals surface area contributed by atoms with Crippen LogP contribution in [0.2, 0.25) is 10.0 Å². The molecule has 1 amide bonds. The number of halogens is 3. The monoisotopic (exact) mass is 345 g/mol. The molecule has 21 heavy (non-hydrogen) atoms. The Morgan fingerprint density at radius 3 is 2.57 bits per heavy atom. The molecular weight excluding hydrogens is 336 g/mol. The summed E-state index contributed by atoms with van der Waals surface area (Å²) in [4.78, 5) is 12.7. The van der Waals surface area contributed by atoms with Gasteiger partial charge in [-0.2, -0.15) is 0 Å². The Balaban J connectivity index is 2.28. The summed E-state index contributed by atoms with van der Waals surface area (Å²) in [5.41, 5.74) is 0.417. The fraction of sp³-hybridized carbons (Fsp3) is 0.0714. The van der Waals surface area contributed by atoms with Crippen molar-refractivity contribution >= 4 is 45.6 Å². The molecule has 0 saturated carbocycles. The predicted molar refractivity (Wildman–Crippen MR) is 83.1 cm³/mol. The van der Waals surface area contributed by atoms with E-state index in [1.165, 1.54) is 12.3 Å². The predicted octanol–water partition coefficient (Wildman–Crippen LogP) is 4.12. The van der Waals surface area contributed by atoms with Crippen molar-refractivity contribution in [1.82, 2.24) is 0 Å². The summed E-state index contributed by atoms with van der Waals surface area (Å²) >= 11 is 11.5. The maximum absolute atomic E-state index is 13.4. The van der Waals surface area contributed by atoms with Crippen molar-refractivity contribution in [2.24, 2.45) is 0 Å². The molecule has 0 saturated heterocycles. The number of carbonyl (C=O) groups excluding carboxylic acids is 1. The van der Waals surface area contributed by atoms with Crippen molar-refractivity contribution in [1.29, 1.82) is 0 Å². The van der Waals surface area contributed by atoms with Gasteiger partial charge < -0.3 is 5.32 Å². The first kappa shape index (κ1) is 15.9. The Kier molecular flexibility index (Phi) is 4.98. The number of anilines is 1. The van der Waals surface area contributed by atoms with Gasteiger partial charge >= 0.3 is 0 Å². The number of amides is 1. The second kappa shape index (κ2) is 6.56. The van der Waals surface area contributed by atoms with E-state index in [0.29, 0.717) is 10.6 Å². The molecule has 110 valence electrons. The van der Waals surface area contributed by atoms with Crippen LogP contribution in [-0.4, -0.2) is 16.4 Å². The lowest BCUT2D eigenvalue weighted by Crippen LogP contribution is -2.13. The van der Waals surface area contributed by atoms with Gasteiger partial charge in [-0.1, -0.05) is 29.3 Å². The van der Waals surface area contributed by atoms with Crippen LogP contribution in [0.3, 0.4) is 0 Å². The summed E-state index contributed by atoms with van der Waals surface area (Å²) in [7, 11) is -1.16. The largest absolute Gasteiger partial charge is 0.322 e. The summed E-state index contributed by atoms with van der Waals surface area (Å²) in [5.74, 6) is -1.30. The van der Waals surface area contributed by atoms with Crippen molar-refractivity contribution in [2.75, 3.05) is 11.6 Å². The van der Waals surface area contributed by atoms with E-state index in [9.17, 15) is 13.4 Å². The first-order chi connectivity index (χ1) is 9.88. The maximum Gasteiger partial charge on any atom is 0.257 e. The SMILES string of the molecule is C[S@@](=O)c1cccc(NC(=O)c2cc(F)c(Cl)cc2Cl)c1. The Morgan fingerprint density at radius 1 is 1.19 bits per heavy atom. The van der Waals surface area contributed by atoms with Gasteiger partial charge in [-0.05, 0) is 30.3 Å². The van der Waals surface area contributed by atoms with Crippen molar-refractivity contribution in [3.8, 4) is 0 Å². The molecular formula is C14H10Cl2FNO2S. The zero-order valence-electron chi connectivity index (χ0n) is 10.8. The van der Waals surface area contributed by atoms with Crippen LogP contribution in [0.25, 0.3) is 0 Å². The number of carbonyl (C=O) groups is 1. The third-order valence-corrected chi connectivity index (χ3v) is 4.20. The molecule has 0 unspecified atom stereocenters. The summed E-state index contributed by atoms with van der Waals surface area (Å²) in [6.45, 7) is 0. The molecule has 2 rings (SSSR count). The minimum Gasteiger partial charge on any atom is -0.322 e. The molecule has 1 N–H and O–H groups in total. The summed E-state index contributed by atoms with van der Waals surface area (Å²) in [6.07, 6.45) is 1.53. The summed E-state index contributed by atoms with van der Waals surface area (Å²) in [6, 6.07) is 8.70. The van der Waals surface area contributed by atoms with Gasteiger partial charge in [-0.3, -0.25) is 9.00 Å². The Labute approximate surface area is 133 Å². The van der Waals surface area contributed by atoms with Gasteiger partial charge in [0.15, 0.2) is 0 Å². The van der Waals surface area contributed by atoms with Crippen molar-refractivity contribution in [2.45, 2.75) is 4.90 Å². The van der Waals surface area contributed by atoms with E-state index in [2.05, 4.69) is 5.32 Å². The molecule has 3 nitrogen and oxygen atoms in total. The van der Waals surface area contributed by atoms with E-state index in [-0.39, 0.29) is 15.6 Å². The molecule has 0 heterocycles. The lowest BCUT2D eigenvalue weighted by atomic mass is 10.2. The Morgan fingerprint density at radius 2 is 1.90 bits per heavy atom. The quantitative estimate of drug-likeness (QED) is 0.850. The highest BCUT2D eigenvalue weighted by atomic mass is 35.5. The van der Waals surface area contributed by atoms with Gasteiger partial charge in [0.25, 0.3) is 5.91 Å². The highest BCUT2D eigenvalue weighted by molar-refractivity contribution is 7.84. The smallest absolute Gasteiger partial charge is 0.257 e. The summed E-state index contributed by atoms with van der Waals surface area (Å²) < 4.78 is 24.8. The molecule has 0 aliphatic carbocycles. The van der Waals surface area contributed by atoms with Gasteiger partial charge in [0.1, 0.15) is 5.82 Å². The minimum absolute atomic E-state index is 0.0263. The number of benzene rings is 2. The molecule has 2 aromatic carbocycles. The molecule has 0 aliphatic heterocycles. The van der Waals surface area contributed by atoms with E-state index in [0.717, 1.165) is 6.07 Å². The molecule has 0 aliphatic rings. The third kappa shape index (κ3) is 3.81. The second-order valence-electron chi connectivity index (χ2n) is 4.18. The molecule has 1 atom stereocenters. The highest BCUT2D eigenvalue weighted by Gasteiger charge is 2.14. The molecule has 0 aromatic heterocycles. The van der Waals surface area contributed by atoms with Gasteiger partial charge in [-0.25, -0.2) is 4.39 Å². The van der Waals surface area contributed by atoms with E-state index >= 15 is 0 Å². The third-order valence-electron chi connectivity index (χ3n) is 2.68. The zero-order valence-corrected chi connectivity index (χ0v) is 13.2. The lowest BCUT2D eigenvalue weighted by Gasteiger charge is -2.08. The fourth-order valence-corrected chi connectivity index (χ4v) is 2.68. The number of hydrogen-bond acceptors (Lipinski definition) is 2. The van der Waals surface area contributed by atoms with Crippen LogP contribution in [0.15, 0.2) is 41.3 Å². The molecule has 2 aromatic rings. The average molecular weight is 346 g/mol. The Bertz CT molecular complexity index is 737. The maximum atomic E-state index is 13.4. The van der Waals surface area contributed by atoms with Crippen LogP contribution >= 0.6 is 23.2 Å². The molecule has 7 heteroatoms. The topological polar surface area (TPSA) is 46.2 Å². The number of rotatable bonds is 3. The van der Waals surface area contributed by atoms with Crippen molar-refractivity contribution in [3.63, 3.8) is 0 Å². The van der Waals surface area contributed by atoms with E-state index < -0.39 is 22.5 Å². The molecule has 0 spiro atoms. The van der Waals surface area contributed by atoms with E-state index in [1.807, 2.05) is 0 Å². The van der Waals surface area contributed by atoms with Gasteiger partial charge in [0, 0.05) is 27.6 Å². The zero-order chi connectivity index (χ0) is 15.6. The minimum atomic E-state index is -1.16. The van der Waals surface area contributed by atoms with Gasteiger partial charge in [-0.15, -0.1) is 0 Å². The first-order valence-electron chi connectivity index (χ1n) is 5.78. The second-order valence-corrected chi connectivity index (χ2v) is 6.38. The highest BCUT2D eigenvalue weighted by Crippen LogP contribution is 2.25. The summed E-state index contributed by atoms with van der Waals surface area (Å²) in [5, 5.41) is 2.47. The van der Waals surface area contributed by atoms with E-state index in [4.69, 9.17) is 23.2 Å². The molecule has 0 radical (unpaired) electrons. The van der Waals surface area contributed by atoms with Crippen LogP contribution < -0.4 is 5.32 Å². The number of hydrogen-bond donors (Lipinski definition) is 1. The van der Waals surface area contributed by atoms with Crippen LogP contribution in [0.5, 0.6) is 0 Å². The van der Waals surface area contributed by atoms with Gasteiger partial charge in [0.2, 0.25) is 0 Å².